The molecule has 0 saturated heterocycles. The number of nitrogens with zero attached hydrogens (tertiary/aromatic N) is 5. The number of rotatable bonds is 10. The zero-order valence-corrected chi connectivity index (χ0v) is 21.6. The Labute approximate surface area is 214 Å². The number of thioether (sulfide) groups is 1. The van der Waals surface area contributed by atoms with Crippen LogP contribution in [0.3, 0.4) is 0 Å². The number of aromatic nitrogens is 2. The summed E-state index contributed by atoms with van der Waals surface area (Å²) in [5, 5.41) is 10.5. The van der Waals surface area contributed by atoms with Crippen molar-refractivity contribution in [1.29, 1.82) is 0 Å². The van der Waals surface area contributed by atoms with Crippen molar-refractivity contribution in [3.8, 4) is 22.6 Å². The van der Waals surface area contributed by atoms with Crippen LogP contribution in [0.2, 0.25) is 5.02 Å². The van der Waals surface area contributed by atoms with E-state index in [-0.39, 0.29) is 5.82 Å². The second-order valence-electron chi connectivity index (χ2n) is 6.96. The van der Waals surface area contributed by atoms with Gasteiger partial charge < -0.3 is 19.7 Å². The molecule has 11 heteroatoms. The second-order valence-corrected chi connectivity index (χ2v) is 8.35. The fourth-order valence-electron chi connectivity index (χ4n) is 2.70. The van der Waals surface area contributed by atoms with Gasteiger partial charge in [0.25, 0.3) is 0 Å². The summed E-state index contributed by atoms with van der Waals surface area (Å²) < 4.78 is 23.8. The van der Waals surface area contributed by atoms with Gasteiger partial charge in [-0.05, 0) is 36.1 Å². The molecular weight excluding hydrogens is 491 g/mol. The molecule has 0 atom stereocenters. The first-order valence-corrected chi connectivity index (χ1v) is 12.1. The molecule has 0 unspecified atom stereocenters. The molecule has 3 rings (SSSR count). The Kier molecular flexibility index (Phi) is 11.8. The summed E-state index contributed by atoms with van der Waals surface area (Å²) in [6.45, 7) is 4.23. The average molecular weight is 519 g/mol. The van der Waals surface area contributed by atoms with Crippen LogP contribution in [0, 0.1) is 5.82 Å². The zero-order valence-electron chi connectivity index (χ0n) is 20.0. The van der Waals surface area contributed by atoms with Crippen LogP contribution in [-0.2, 0) is 0 Å². The third-order valence-electron chi connectivity index (χ3n) is 4.52. The van der Waals surface area contributed by atoms with Crippen LogP contribution >= 0.6 is 23.4 Å². The minimum absolute atomic E-state index is 0.327. The van der Waals surface area contributed by atoms with Gasteiger partial charge in [-0.2, -0.15) is 16.9 Å². The number of hydrogen-bond donors (Lipinski definition) is 1. The fraction of sp³-hybridized carbons (Fsp3) is 0.250. The van der Waals surface area contributed by atoms with E-state index >= 15 is 0 Å². The van der Waals surface area contributed by atoms with E-state index in [0.717, 1.165) is 23.4 Å². The minimum Gasteiger partial charge on any atom is -0.495 e. The van der Waals surface area contributed by atoms with Gasteiger partial charge in [0, 0.05) is 50.1 Å². The molecule has 0 saturated carbocycles. The highest BCUT2D eigenvalue weighted by molar-refractivity contribution is 7.98. The van der Waals surface area contributed by atoms with Crippen molar-refractivity contribution in [1.82, 2.24) is 14.9 Å². The molecule has 0 aliphatic heterocycles. The summed E-state index contributed by atoms with van der Waals surface area (Å²) in [5.74, 6) is 2.13. The van der Waals surface area contributed by atoms with Crippen molar-refractivity contribution < 1.29 is 13.9 Å². The first-order chi connectivity index (χ1) is 16.9. The predicted molar refractivity (Wildman–Crippen MR) is 144 cm³/mol. The van der Waals surface area contributed by atoms with Crippen LogP contribution in [0.1, 0.15) is 0 Å². The van der Waals surface area contributed by atoms with Crippen LogP contribution in [-0.4, -0.2) is 67.7 Å². The molecule has 0 aliphatic rings. The Morgan fingerprint density at radius 3 is 2.46 bits per heavy atom. The molecule has 0 amide bonds. The summed E-state index contributed by atoms with van der Waals surface area (Å²) >= 11 is 7.85. The zero-order chi connectivity index (χ0) is 25.6. The lowest BCUT2D eigenvalue weighted by Gasteiger charge is -2.10. The summed E-state index contributed by atoms with van der Waals surface area (Å²) in [4.78, 5) is 10.5. The van der Waals surface area contributed by atoms with Crippen molar-refractivity contribution in [3.05, 3.63) is 59.6 Å². The van der Waals surface area contributed by atoms with E-state index < -0.39 is 0 Å². The van der Waals surface area contributed by atoms with Gasteiger partial charge in [0.2, 0.25) is 5.95 Å². The van der Waals surface area contributed by atoms with Crippen molar-refractivity contribution in [3.63, 3.8) is 0 Å². The van der Waals surface area contributed by atoms with Crippen LogP contribution in [0.15, 0.2) is 59.0 Å². The number of anilines is 2. The first kappa shape index (κ1) is 27.9. The number of nitrogens with one attached hydrogen (secondary N) is 1. The van der Waals surface area contributed by atoms with E-state index in [0.29, 0.717) is 28.2 Å². The van der Waals surface area contributed by atoms with E-state index in [1.165, 1.54) is 25.3 Å². The van der Waals surface area contributed by atoms with Gasteiger partial charge in [0.1, 0.15) is 23.7 Å². The SMILES string of the molecule is C=N/N=C\N(C)CCSC.COc1cc(-c2cnc(Nc3cc(F)ccc3OC)nc2)ccc1Cl. The highest BCUT2D eigenvalue weighted by atomic mass is 35.5. The molecule has 0 spiro atoms. The van der Waals surface area contributed by atoms with Gasteiger partial charge in [0.05, 0.1) is 24.9 Å². The van der Waals surface area contributed by atoms with Gasteiger partial charge in [0.15, 0.2) is 0 Å². The van der Waals surface area contributed by atoms with Crippen molar-refractivity contribution in [2.75, 3.05) is 45.1 Å². The third-order valence-corrected chi connectivity index (χ3v) is 5.43. The maximum atomic E-state index is 13.4. The molecule has 0 bridgehead atoms. The highest BCUT2D eigenvalue weighted by Crippen LogP contribution is 2.31. The molecule has 8 nitrogen and oxygen atoms in total. The Balaban J connectivity index is 0.000000367. The largest absolute Gasteiger partial charge is 0.495 e. The van der Waals surface area contributed by atoms with Crippen LogP contribution in [0.25, 0.3) is 11.1 Å². The fourth-order valence-corrected chi connectivity index (χ4v) is 3.36. The normalized spacial score (nSPS) is 10.3. The molecule has 186 valence electrons. The summed E-state index contributed by atoms with van der Waals surface area (Å²) in [5.41, 5.74) is 2.12. The lowest BCUT2D eigenvalue weighted by Crippen LogP contribution is -2.18. The number of benzene rings is 2. The minimum atomic E-state index is -0.381. The molecule has 1 aromatic heterocycles. The predicted octanol–water partition coefficient (Wildman–Crippen LogP) is 5.62. The smallest absolute Gasteiger partial charge is 0.227 e. The number of ether oxygens (including phenoxy) is 2. The number of halogens is 2. The molecule has 1 N–H and O–H groups in total. The third kappa shape index (κ3) is 9.06. The highest BCUT2D eigenvalue weighted by Gasteiger charge is 2.08. The van der Waals surface area contributed by atoms with E-state index in [4.69, 9.17) is 21.1 Å². The monoisotopic (exact) mass is 518 g/mol. The van der Waals surface area contributed by atoms with Crippen molar-refractivity contribution in [2.24, 2.45) is 10.2 Å². The van der Waals surface area contributed by atoms with Crippen LogP contribution in [0.4, 0.5) is 16.0 Å². The molecule has 35 heavy (non-hydrogen) atoms. The van der Waals surface area contributed by atoms with Gasteiger partial charge in [-0.25, -0.2) is 14.4 Å². The molecule has 0 aliphatic carbocycles. The topological polar surface area (TPSA) is 84.2 Å². The van der Waals surface area contributed by atoms with E-state index in [9.17, 15) is 4.39 Å². The quantitative estimate of drug-likeness (QED) is 0.212. The van der Waals surface area contributed by atoms with E-state index in [2.05, 4.69) is 38.5 Å². The van der Waals surface area contributed by atoms with Crippen LogP contribution in [0.5, 0.6) is 11.5 Å². The van der Waals surface area contributed by atoms with E-state index in [1.807, 2.05) is 35.8 Å². The molecular formula is C24H28ClFN6O2S. The second kappa shape index (κ2) is 14.8. The lowest BCUT2D eigenvalue weighted by molar-refractivity contribution is 0.415. The van der Waals surface area contributed by atoms with Crippen molar-refractivity contribution >= 4 is 48.1 Å². The van der Waals surface area contributed by atoms with Gasteiger partial charge in [-0.1, -0.05) is 17.7 Å². The summed E-state index contributed by atoms with van der Waals surface area (Å²) in [7, 11) is 5.03. The molecule has 3 aromatic rings. The molecule has 1 heterocycles. The summed E-state index contributed by atoms with van der Waals surface area (Å²) in [6.07, 6.45) is 7.06. The Morgan fingerprint density at radius 1 is 1.11 bits per heavy atom. The maximum Gasteiger partial charge on any atom is 0.227 e. The Bertz CT molecular complexity index is 1120. The summed E-state index contributed by atoms with van der Waals surface area (Å²) in [6, 6.07) is 9.59. The maximum absolute atomic E-state index is 13.4. The van der Waals surface area contributed by atoms with Gasteiger partial charge in [-0.15, -0.1) is 5.10 Å². The van der Waals surface area contributed by atoms with Gasteiger partial charge >= 0.3 is 0 Å². The Morgan fingerprint density at radius 2 is 1.83 bits per heavy atom. The van der Waals surface area contributed by atoms with Gasteiger partial charge in [-0.3, -0.25) is 0 Å². The molecule has 0 radical (unpaired) electrons. The van der Waals surface area contributed by atoms with Crippen molar-refractivity contribution in [2.45, 2.75) is 0 Å². The Hall–Kier alpha value is -3.37. The molecule has 2 aromatic carbocycles. The van der Waals surface area contributed by atoms with E-state index in [1.54, 1.807) is 31.9 Å². The first-order valence-electron chi connectivity index (χ1n) is 10.4. The number of methoxy groups -OCH3 is 2. The standard InChI is InChI=1S/C18H15ClFN3O2.C6H13N3S/c1-24-16-6-4-13(20)8-15(16)23-18-21-9-12(10-22-18)11-3-5-14(19)17(7-11)25-2;1-7-8-6-9(2)4-5-10-3/h3-10H,1-2H3,(H,21,22,23);6H,1,4-5H2,2-3H3/b;8-6-. The number of hydrogen-bond acceptors (Lipinski definition) is 8. The van der Waals surface area contributed by atoms with Crippen LogP contribution < -0.4 is 14.8 Å². The average Bonchev–Trinajstić information content (AvgIpc) is 2.87. The lowest BCUT2D eigenvalue weighted by atomic mass is 10.1. The molecule has 0 fully saturated rings.